The van der Waals surface area contributed by atoms with Crippen LogP contribution in [0.1, 0.15) is 43.6 Å². The lowest BCUT2D eigenvalue weighted by Gasteiger charge is -2.16. The van der Waals surface area contributed by atoms with Gasteiger partial charge in [0.05, 0.1) is 6.10 Å². The third-order valence-electron chi connectivity index (χ3n) is 3.73. The number of benzene rings is 1. The molecule has 0 amide bonds. The van der Waals surface area contributed by atoms with Crippen molar-refractivity contribution in [3.63, 3.8) is 0 Å². The second kappa shape index (κ2) is 7.13. The number of nitrogens with two attached hydrogens (primary N) is 1. The lowest BCUT2D eigenvalue weighted by Crippen LogP contribution is -2.13. The molecule has 0 saturated carbocycles. The molecule has 0 aromatic heterocycles. The Balaban J connectivity index is 1.79. The van der Waals surface area contributed by atoms with Crippen molar-refractivity contribution in [2.24, 2.45) is 5.73 Å². The Labute approximate surface area is 114 Å². The lowest BCUT2D eigenvalue weighted by atomic mass is 9.93. The van der Waals surface area contributed by atoms with Crippen molar-refractivity contribution in [1.82, 2.24) is 0 Å². The molecule has 18 heavy (non-hydrogen) atoms. The first-order valence-electron chi connectivity index (χ1n) is 6.86. The van der Waals surface area contributed by atoms with E-state index in [0.717, 1.165) is 18.1 Å². The molecule has 0 radical (unpaired) electrons. The molecule has 0 bridgehead atoms. The zero-order chi connectivity index (χ0) is 12.8. The maximum absolute atomic E-state index is 5.90. The molecule has 2 unspecified atom stereocenters. The summed E-state index contributed by atoms with van der Waals surface area (Å²) >= 11 is 5.90. The number of hydrogen-bond acceptors (Lipinski definition) is 2. The van der Waals surface area contributed by atoms with Crippen LogP contribution >= 0.6 is 11.6 Å². The van der Waals surface area contributed by atoms with Gasteiger partial charge in [0.25, 0.3) is 0 Å². The standard InChI is InChI=1S/C15H22ClNO/c16-14-8-6-12(7-9-14)13(11-17)3-1-4-15-5-2-10-18-15/h6-9,13,15H,1-5,10-11,17H2. The van der Waals surface area contributed by atoms with E-state index in [0.29, 0.717) is 18.6 Å². The Hall–Kier alpha value is -0.570. The van der Waals surface area contributed by atoms with Gasteiger partial charge >= 0.3 is 0 Å². The van der Waals surface area contributed by atoms with E-state index in [1.807, 2.05) is 12.1 Å². The summed E-state index contributed by atoms with van der Waals surface area (Å²) in [6.07, 6.45) is 6.45. The van der Waals surface area contributed by atoms with Crippen LogP contribution in [0.3, 0.4) is 0 Å². The molecule has 1 heterocycles. The molecule has 2 N–H and O–H groups in total. The van der Waals surface area contributed by atoms with Crippen LogP contribution in [0.25, 0.3) is 0 Å². The summed E-state index contributed by atoms with van der Waals surface area (Å²) in [6, 6.07) is 8.07. The first kappa shape index (κ1) is 13.9. The predicted molar refractivity (Wildman–Crippen MR) is 76.1 cm³/mol. The van der Waals surface area contributed by atoms with E-state index < -0.39 is 0 Å². The highest BCUT2D eigenvalue weighted by Gasteiger charge is 2.16. The monoisotopic (exact) mass is 267 g/mol. The first-order chi connectivity index (χ1) is 8.79. The van der Waals surface area contributed by atoms with Gasteiger partial charge in [0.2, 0.25) is 0 Å². The van der Waals surface area contributed by atoms with Crippen molar-refractivity contribution in [3.8, 4) is 0 Å². The van der Waals surface area contributed by atoms with Crippen molar-refractivity contribution in [1.29, 1.82) is 0 Å². The second-order valence-corrected chi connectivity index (χ2v) is 5.49. The minimum Gasteiger partial charge on any atom is -0.378 e. The summed E-state index contributed by atoms with van der Waals surface area (Å²) in [7, 11) is 0. The predicted octanol–water partition coefficient (Wildman–Crippen LogP) is 3.73. The lowest BCUT2D eigenvalue weighted by molar-refractivity contribution is 0.101. The fourth-order valence-corrected chi connectivity index (χ4v) is 2.75. The van der Waals surface area contributed by atoms with Crippen LogP contribution in [0.5, 0.6) is 0 Å². The molecule has 1 aromatic carbocycles. The third kappa shape index (κ3) is 3.98. The van der Waals surface area contributed by atoms with Crippen molar-refractivity contribution >= 4 is 11.6 Å². The molecule has 100 valence electrons. The zero-order valence-corrected chi connectivity index (χ0v) is 11.5. The van der Waals surface area contributed by atoms with Crippen LogP contribution < -0.4 is 5.73 Å². The summed E-state index contributed by atoms with van der Waals surface area (Å²) in [5.74, 6) is 0.448. The van der Waals surface area contributed by atoms with Crippen molar-refractivity contribution in [2.45, 2.75) is 44.1 Å². The molecule has 1 aromatic rings. The number of hydrogen-bond donors (Lipinski definition) is 1. The quantitative estimate of drug-likeness (QED) is 0.852. The van der Waals surface area contributed by atoms with Gasteiger partial charge in [-0.2, -0.15) is 0 Å². The normalized spacial score (nSPS) is 21.1. The van der Waals surface area contributed by atoms with E-state index in [1.54, 1.807) is 0 Å². The second-order valence-electron chi connectivity index (χ2n) is 5.05. The van der Waals surface area contributed by atoms with Gasteiger partial charge in [-0.05, 0) is 55.8 Å². The van der Waals surface area contributed by atoms with E-state index in [-0.39, 0.29) is 0 Å². The van der Waals surface area contributed by atoms with Crippen LogP contribution in [-0.4, -0.2) is 19.3 Å². The van der Waals surface area contributed by atoms with Gasteiger partial charge < -0.3 is 10.5 Å². The minimum absolute atomic E-state index is 0.448. The average molecular weight is 268 g/mol. The number of halogens is 1. The van der Waals surface area contributed by atoms with Gasteiger partial charge in [0, 0.05) is 11.6 Å². The largest absolute Gasteiger partial charge is 0.378 e. The minimum atomic E-state index is 0.448. The van der Waals surface area contributed by atoms with Crippen LogP contribution in [0.4, 0.5) is 0 Å². The van der Waals surface area contributed by atoms with Crippen LogP contribution in [0, 0.1) is 0 Å². The third-order valence-corrected chi connectivity index (χ3v) is 3.98. The topological polar surface area (TPSA) is 35.2 Å². The number of ether oxygens (including phenoxy) is 1. The molecule has 1 aliphatic rings. The molecule has 1 fully saturated rings. The highest BCUT2D eigenvalue weighted by atomic mass is 35.5. The maximum atomic E-state index is 5.90. The molecule has 2 rings (SSSR count). The smallest absolute Gasteiger partial charge is 0.0576 e. The summed E-state index contributed by atoms with van der Waals surface area (Å²) in [5.41, 5.74) is 7.17. The van der Waals surface area contributed by atoms with Gasteiger partial charge in [-0.15, -0.1) is 0 Å². The Morgan fingerprint density at radius 2 is 2.11 bits per heavy atom. The molecule has 0 aliphatic carbocycles. The van der Waals surface area contributed by atoms with Crippen LogP contribution in [0.2, 0.25) is 5.02 Å². The van der Waals surface area contributed by atoms with Crippen LogP contribution in [-0.2, 0) is 4.74 Å². The maximum Gasteiger partial charge on any atom is 0.0576 e. The highest BCUT2D eigenvalue weighted by Crippen LogP contribution is 2.25. The molecule has 2 atom stereocenters. The zero-order valence-electron chi connectivity index (χ0n) is 10.8. The fourth-order valence-electron chi connectivity index (χ4n) is 2.62. The van der Waals surface area contributed by atoms with Gasteiger partial charge in [0.15, 0.2) is 0 Å². The van der Waals surface area contributed by atoms with E-state index in [2.05, 4.69) is 12.1 Å². The van der Waals surface area contributed by atoms with E-state index in [1.165, 1.54) is 31.2 Å². The Bertz CT molecular complexity index is 346. The Kier molecular flexibility index (Phi) is 5.48. The van der Waals surface area contributed by atoms with Crippen molar-refractivity contribution in [2.75, 3.05) is 13.2 Å². The Morgan fingerprint density at radius 1 is 1.33 bits per heavy atom. The van der Waals surface area contributed by atoms with Crippen molar-refractivity contribution in [3.05, 3.63) is 34.9 Å². The van der Waals surface area contributed by atoms with Gasteiger partial charge in [-0.1, -0.05) is 30.2 Å². The molecule has 3 heteroatoms. The molecular formula is C15H22ClNO. The summed E-state index contributed by atoms with van der Waals surface area (Å²) in [5, 5.41) is 0.786. The van der Waals surface area contributed by atoms with E-state index in [9.17, 15) is 0 Å². The number of rotatable bonds is 6. The fraction of sp³-hybridized carbons (Fsp3) is 0.600. The average Bonchev–Trinajstić information content (AvgIpc) is 2.89. The van der Waals surface area contributed by atoms with E-state index in [4.69, 9.17) is 22.1 Å². The molecule has 1 aliphatic heterocycles. The summed E-state index contributed by atoms with van der Waals surface area (Å²) in [4.78, 5) is 0. The van der Waals surface area contributed by atoms with Gasteiger partial charge in [0.1, 0.15) is 0 Å². The Morgan fingerprint density at radius 3 is 2.72 bits per heavy atom. The molecule has 1 saturated heterocycles. The van der Waals surface area contributed by atoms with Crippen molar-refractivity contribution < 1.29 is 4.74 Å². The highest BCUT2D eigenvalue weighted by molar-refractivity contribution is 6.30. The van der Waals surface area contributed by atoms with E-state index >= 15 is 0 Å². The van der Waals surface area contributed by atoms with Gasteiger partial charge in [-0.25, -0.2) is 0 Å². The summed E-state index contributed by atoms with van der Waals surface area (Å²) < 4.78 is 5.64. The SMILES string of the molecule is NCC(CCCC1CCCO1)c1ccc(Cl)cc1. The molecule has 0 spiro atoms. The summed E-state index contributed by atoms with van der Waals surface area (Å²) in [6.45, 7) is 1.65. The molecular weight excluding hydrogens is 246 g/mol. The molecule has 2 nitrogen and oxygen atoms in total. The van der Waals surface area contributed by atoms with Crippen LogP contribution in [0.15, 0.2) is 24.3 Å². The van der Waals surface area contributed by atoms with Gasteiger partial charge in [-0.3, -0.25) is 0 Å². The first-order valence-corrected chi connectivity index (χ1v) is 7.24.